The molecule has 0 bridgehead atoms. The predicted molar refractivity (Wildman–Crippen MR) is 36.5 cm³/mol. The van der Waals surface area contributed by atoms with Crippen LogP contribution >= 0.6 is 11.6 Å². The second kappa shape index (κ2) is 2.92. The van der Waals surface area contributed by atoms with Gasteiger partial charge in [-0.3, -0.25) is 0 Å². The molecule has 0 aliphatic heterocycles. The molecule has 0 unspecified atom stereocenters. The lowest BCUT2D eigenvalue weighted by molar-refractivity contribution is 0.505. The van der Waals surface area contributed by atoms with Crippen LogP contribution in [0.5, 0.6) is 0 Å². The van der Waals surface area contributed by atoms with Crippen LogP contribution in [0.1, 0.15) is 18.2 Å². The van der Waals surface area contributed by atoms with Gasteiger partial charge in [-0.05, 0) is 6.07 Å². The molecular weight excluding hydrogens is 136 g/mol. The van der Waals surface area contributed by atoms with Crippen molar-refractivity contribution in [3.05, 3.63) is 23.7 Å². The molecule has 0 saturated heterocycles. The van der Waals surface area contributed by atoms with Gasteiger partial charge >= 0.3 is 0 Å². The van der Waals surface area contributed by atoms with Crippen molar-refractivity contribution in [1.29, 1.82) is 0 Å². The highest BCUT2D eigenvalue weighted by atomic mass is 35.5. The minimum atomic E-state index is 0.524. The van der Waals surface area contributed by atoms with E-state index in [0.29, 0.717) is 5.88 Å². The maximum atomic E-state index is 5.57. The van der Waals surface area contributed by atoms with Crippen molar-refractivity contribution in [2.24, 2.45) is 0 Å². The Labute approximate surface area is 59.6 Å². The molecule has 0 fully saturated rings. The fraction of sp³-hybridized carbons (Fsp3) is 0.429. The quantitative estimate of drug-likeness (QED) is 0.580. The van der Waals surface area contributed by atoms with Crippen LogP contribution in [0.25, 0.3) is 0 Å². The summed E-state index contributed by atoms with van der Waals surface area (Å²) in [6.45, 7) is 2.03. The summed E-state index contributed by atoms with van der Waals surface area (Å²) in [7, 11) is 0. The van der Waals surface area contributed by atoms with E-state index >= 15 is 0 Å². The van der Waals surface area contributed by atoms with Crippen molar-refractivity contribution in [3.63, 3.8) is 0 Å². The summed E-state index contributed by atoms with van der Waals surface area (Å²) in [5, 5.41) is 0. The number of rotatable bonds is 2. The van der Waals surface area contributed by atoms with E-state index in [0.717, 1.165) is 17.7 Å². The third-order valence-electron chi connectivity index (χ3n) is 1.24. The average molecular weight is 144 g/mol. The molecular formula is C7H8ClO. The van der Waals surface area contributed by atoms with Crippen LogP contribution in [0.4, 0.5) is 0 Å². The van der Waals surface area contributed by atoms with Gasteiger partial charge in [0.15, 0.2) is 6.26 Å². The van der Waals surface area contributed by atoms with Gasteiger partial charge in [0.1, 0.15) is 5.76 Å². The van der Waals surface area contributed by atoms with Crippen LogP contribution in [-0.4, -0.2) is 0 Å². The zero-order valence-corrected chi connectivity index (χ0v) is 6.03. The Morgan fingerprint density at radius 3 is 3.00 bits per heavy atom. The van der Waals surface area contributed by atoms with Crippen LogP contribution in [0.15, 0.2) is 10.5 Å². The van der Waals surface area contributed by atoms with E-state index in [-0.39, 0.29) is 0 Å². The maximum absolute atomic E-state index is 5.57. The molecule has 1 nitrogen and oxygen atoms in total. The van der Waals surface area contributed by atoms with E-state index < -0.39 is 0 Å². The molecule has 0 aliphatic carbocycles. The molecule has 0 atom stereocenters. The van der Waals surface area contributed by atoms with Crippen LogP contribution < -0.4 is 0 Å². The Morgan fingerprint density at radius 1 is 1.78 bits per heavy atom. The van der Waals surface area contributed by atoms with E-state index in [2.05, 4.69) is 6.26 Å². The number of hydrogen-bond donors (Lipinski definition) is 0. The second-order valence-electron chi connectivity index (χ2n) is 1.80. The average Bonchev–Trinajstić information content (AvgIpc) is 2.33. The molecule has 0 saturated carbocycles. The number of halogens is 1. The summed E-state index contributed by atoms with van der Waals surface area (Å²) < 4.78 is 5.00. The van der Waals surface area contributed by atoms with Gasteiger partial charge in [0.05, 0.1) is 5.88 Å². The third-order valence-corrected chi connectivity index (χ3v) is 1.53. The molecule has 9 heavy (non-hydrogen) atoms. The molecule has 49 valence electrons. The number of furan rings is 1. The van der Waals surface area contributed by atoms with Crippen molar-refractivity contribution < 1.29 is 4.42 Å². The summed E-state index contributed by atoms with van der Waals surface area (Å²) in [6.07, 6.45) is 3.54. The van der Waals surface area contributed by atoms with Crippen LogP contribution in [0, 0.1) is 6.26 Å². The first-order valence-electron chi connectivity index (χ1n) is 2.92. The lowest BCUT2D eigenvalue weighted by Gasteiger charge is -1.90. The Balaban J connectivity index is 2.85. The molecule has 1 aromatic rings. The van der Waals surface area contributed by atoms with Gasteiger partial charge in [-0.25, -0.2) is 0 Å². The zero-order chi connectivity index (χ0) is 6.69. The summed E-state index contributed by atoms with van der Waals surface area (Å²) in [4.78, 5) is 0. The predicted octanol–water partition coefficient (Wildman–Crippen LogP) is 2.38. The molecule has 1 aromatic heterocycles. The molecule has 0 spiro atoms. The fourth-order valence-electron chi connectivity index (χ4n) is 0.730. The number of aryl methyl sites for hydroxylation is 1. The monoisotopic (exact) mass is 143 g/mol. The molecule has 0 N–H and O–H groups in total. The standard InChI is InChI=1S/C7H8ClO/c1-2-7-6(5-8)3-4-9-7/h3H,2,5H2,1H3. The van der Waals surface area contributed by atoms with Crippen molar-refractivity contribution >= 4 is 11.6 Å². The molecule has 0 aromatic carbocycles. The third kappa shape index (κ3) is 1.28. The normalized spacial score (nSPS) is 10.0. The number of alkyl halides is 1. The molecule has 0 amide bonds. The number of hydrogen-bond acceptors (Lipinski definition) is 1. The van der Waals surface area contributed by atoms with Crippen LogP contribution in [-0.2, 0) is 12.3 Å². The summed E-state index contributed by atoms with van der Waals surface area (Å²) in [5.74, 6) is 1.47. The molecule has 1 radical (unpaired) electrons. The second-order valence-corrected chi connectivity index (χ2v) is 2.07. The first-order chi connectivity index (χ1) is 4.38. The first kappa shape index (κ1) is 6.69. The van der Waals surface area contributed by atoms with E-state index in [1.165, 1.54) is 0 Å². The van der Waals surface area contributed by atoms with Gasteiger partial charge in [0.25, 0.3) is 0 Å². The van der Waals surface area contributed by atoms with Gasteiger partial charge in [-0.2, -0.15) is 0 Å². The molecule has 1 heterocycles. The Bertz CT molecular complexity index is 162. The van der Waals surface area contributed by atoms with Gasteiger partial charge < -0.3 is 4.42 Å². The summed E-state index contributed by atoms with van der Waals surface area (Å²) in [5.41, 5.74) is 1.05. The maximum Gasteiger partial charge on any atom is 0.169 e. The lowest BCUT2D eigenvalue weighted by atomic mass is 10.2. The summed E-state index contributed by atoms with van der Waals surface area (Å²) in [6, 6.07) is 1.78. The highest BCUT2D eigenvalue weighted by Gasteiger charge is 2.00. The zero-order valence-electron chi connectivity index (χ0n) is 5.28. The van der Waals surface area contributed by atoms with Gasteiger partial charge in [0.2, 0.25) is 0 Å². The van der Waals surface area contributed by atoms with Crippen molar-refractivity contribution in [3.8, 4) is 0 Å². The smallest absolute Gasteiger partial charge is 0.169 e. The fourth-order valence-corrected chi connectivity index (χ4v) is 0.956. The van der Waals surface area contributed by atoms with Crippen molar-refractivity contribution in [2.75, 3.05) is 0 Å². The minimum Gasteiger partial charge on any atom is -0.457 e. The molecule has 1 rings (SSSR count). The van der Waals surface area contributed by atoms with Crippen LogP contribution in [0.3, 0.4) is 0 Å². The first-order valence-corrected chi connectivity index (χ1v) is 3.45. The molecule has 2 heteroatoms. The Morgan fingerprint density at radius 2 is 2.56 bits per heavy atom. The lowest BCUT2D eigenvalue weighted by Crippen LogP contribution is -1.80. The largest absolute Gasteiger partial charge is 0.457 e. The van der Waals surface area contributed by atoms with E-state index in [4.69, 9.17) is 16.0 Å². The Kier molecular flexibility index (Phi) is 2.17. The van der Waals surface area contributed by atoms with Crippen molar-refractivity contribution in [1.82, 2.24) is 0 Å². The summed E-state index contributed by atoms with van der Waals surface area (Å²) >= 11 is 5.57. The van der Waals surface area contributed by atoms with Gasteiger partial charge in [0, 0.05) is 12.0 Å². The van der Waals surface area contributed by atoms with Gasteiger partial charge in [-0.1, -0.05) is 6.92 Å². The van der Waals surface area contributed by atoms with Crippen LogP contribution in [0.2, 0.25) is 0 Å². The highest BCUT2D eigenvalue weighted by molar-refractivity contribution is 6.17. The van der Waals surface area contributed by atoms with Gasteiger partial charge in [-0.15, -0.1) is 11.6 Å². The minimum absolute atomic E-state index is 0.524. The molecule has 0 aliphatic rings. The van der Waals surface area contributed by atoms with E-state index in [1.54, 1.807) is 6.07 Å². The SMILES string of the molecule is CCc1o[c]cc1CCl. The van der Waals surface area contributed by atoms with E-state index in [1.807, 2.05) is 6.92 Å². The Hall–Kier alpha value is -0.430. The topological polar surface area (TPSA) is 13.1 Å². The van der Waals surface area contributed by atoms with Crippen molar-refractivity contribution in [2.45, 2.75) is 19.2 Å². The highest BCUT2D eigenvalue weighted by Crippen LogP contribution is 2.12. The van der Waals surface area contributed by atoms with E-state index in [9.17, 15) is 0 Å².